The average Bonchev–Trinajstić information content (AvgIpc) is 3.42. The first-order chi connectivity index (χ1) is 17.8. The number of benzene rings is 1. The predicted molar refractivity (Wildman–Crippen MR) is 154 cm³/mol. The summed E-state index contributed by atoms with van der Waals surface area (Å²) < 4.78 is 6.79. The van der Waals surface area contributed by atoms with E-state index in [1.165, 1.54) is 16.6 Å². The number of hydrogen-bond donors (Lipinski definition) is 1. The van der Waals surface area contributed by atoms with Gasteiger partial charge in [0.25, 0.3) is 5.91 Å². The third-order valence-corrected chi connectivity index (χ3v) is 9.34. The number of halogens is 1. The van der Waals surface area contributed by atoms with Crippen LogP contribution in [0, 0.1) is 11.3 Å². The van der Waals surface area contributed by atoms with E-state index in [4.69, 9.17) is 9.41 Å². The molecule has 4 aromatic rings. The van der Waals surface area contributed by atoms with Crippen LogP contribution in [-0.4, -0.2) is 22.1 Å². The topological polar surface area (TPSA) is 80.4 Å². The van der Waals surface area contributed by atoms with Crippen LogP contribution in [0.2, 0.25) is 0 Å². The van der Waals surface area contributed by atoms with Gasteiger partial charge in [0.1, 0.15) is 10.8 Å². The van der Waals surface area contributed by atoms with Gasteiger partial charge in [0, 0.05) is 29.0 Å². The van der Waals surface area contributed by atoms with Crippen LogP contribution in [0.15, 0.2) is 79.0 Å². The third-order valence-electron chi connectivity index (χ3n) is 6.44. The molecule has 0 saturated carbocycles. The number of thiophene rings is 1. The van der Waals surface area contributed by atoms with Gasteiger partial charge in [-0.3, -0.25) is 4.79 Å². The standard InChI is InChI=1S/C28H27BrN4O2S2/c1-28(2,3)17-10-11-20-22(14-17)36-25(23(20)24(34)33-18-8-5-4-6-9-18)32-16-19-15-21(29)26(35-19)37-27-30-12-7-13-31-27/h4-9,12-13,15-17H,10-11,14H2,1-3H3,(H,33,34)/t17-/m1/s1. The van der Waals surface area contributed by atoms with Crippen molar-refractivity contribution in [3.8, 4) is 0 Å². The molecule has 3 aromatic heterocycles. The Labute approximate surface area is 233 Å². The molecule has 0 saturated heterocycles. The zero-order valence-corrected chi connectivity index (χ0v) is 24.0. The second kappa shape index (κ2) is 10.9. The van der Waals surface area contributed by atoms with Gasteiger partial charge in [0.05, 0.1) is 16.3 Å². The zero-order valence-electron chi connectivity index (χ0n) is 20.8. The first kappa shape index (κ1) is 25.9. The highest BCUT2D eigenvalue weighted by atomic mass is 79.9. The first-order valence-electron chi connectivity index (χ1n) is 12.1. The molecular formula is C28H27BrN4O2S2. The van der Waals surface area contributed by atoms with E-state index in [9.17, 15) is 4.79 Å². The van der Waals surface area contributed by atoms with Crippen LogP contribution in [0.4, 0.5) is 10.7 Å². The van der Waals surface area contributed by atoms with Crippen molar-refractivity contribution >= 4 is 61.8 Å². The molecule has 1 atom stereocenters. The highest BCUT2D eigenvalue weighted by molar-refractivity contribution is 9.10. The number of furan rings is 1. The summed E-state index contributed by atoms with van der Waals surface area (Å²) in [4.78, 5) is 28.0. The van der Waals surface area contributed by atoms with Crippen molar-refractivity contribution in [1.29, 1.82) is 0 Å². The van der Waals surface area contributed by atoms with Crippen molar-refractivity contribution in [2.45, 2.75) is 50.3 Å². The summed E-state index contributed by atoms with van der Waals surface area (Å²) in [7, 11) is 0. The molecule has 1 N–H and O–H groups in total. The Morgan fingerprint density at radius 2 is 1.97 bits per heavy atom. The summed E-state index contributed by atoms with van der Waals surface area (Å²) in [6.45, 7) is 6.88. The van der Waals surface area contributed by atoms with Gasteiger partial charge in [-0.25, -0.2) is 15.0 Å². The van der Waals surface area contributed by atoms with Crippen molar-refractivity contribution in [3.63, 3.8) is 0 Å². The predicted octanol–water partition coefficient (Wildman–Crippen LogP) is 8.20. The molecular weight excluding hydrogens is 568 g/mol. The van der Waals surface area contributed by atoms with Crippen molar-refractivity contribution in [2.75, 3.05) is 5.32 Å². The fourth-order valence-electron chi connectivity index (χ4n) is 4.40. The van der Waals surface area contributed by atoms with Crippen LogP contribution >= 0.6 is 39.0 Å². The zero-order chi connectivity index (χ0) is 26.0. The van der Waals surface area contributed by atoms with Crippen molar-refractivity contribution in [2.24, 2.45) is 16.3 Å². The summed E-state index contributed by atoms with van der Waals surface area (Å²) in [6.07, 6.45) is 7.98. The van der Waals surface area contributed by atoms with E-state index < -0.39 is 0 Å². The van der Waals surface area contributed by atoms with Crippen LogP contribution in [-0.2, 0) is 12.8 Å². The van der Waals surface area contributed by atoms with E-state index >= 15 is 0 Å². The number of carbonyl (C=O) groups excluding carboxylic acids is 1. The molecule has 190 valence electrons. The van der Waals surface area contributed by atoms with E-state index in [-0.39, 0.29) is 11.3 Å². The Bertz CT molecular complexity index is 1430. The molecule has 0 radical (unpaired) electrons. The maximum absolute atomic E-state index is 13.5. The molecule has 1 aliphatic rings. The Kier molecular flexibility index (Phi) is 7.65. The van der Waals surface area contributed by atoms with Gasteiger partial charge in [-0.05, 0) is 82.0 Å². The number of fused-ring (bicyclic) bond motifs is 1. The summed E-state index contributed by atoms with van der Waals surface area (Å²) in [5.41, 5.74) is 2.79. The number of aliphatic imine (C=N–C) groups is 1. The third kappa shape index (κ3) is 6.05. The Morgan fingerprint density at radius 3 is 2.70 bits per heavy atom. The molecule has 9 heteroatoms. The minimum atomic E-state index is -0.122. The summed E-state index contributed by atoms with van der Waals surface area (Å²) in [5.74, 6) is 1.03. The quantitative estimate of drug-likeness (QED) is 0.180. The molecule has 1 aromatic carbocycles. The Morgan fingerprint density at radius 1 is 1.22 bits per heavy atom. The van der Waals surface area contributed by atoms with E-state index in [1.54, 1.807) is 36.0 Å². The molecule has 0 unspecified atom stereocenters. The molecule has 0 spiro atoms. The molecule has 37 heavy (non-hydrogen) atoms. The maximum atomic E-state index is 13.5. The highest BCUT2D eigenvalue weighted by Crippen LogP contribution is 2.45. The SMILES string of the molecule is CC(C)(C)[C@@H]1CCc2c(sc(N=Cc3cc(Br)c(Sc4ncccn4)o3)c2C(=O)Nc2ccccc2)C1. The average molecular weight is 596 g/mol. The Hall–Kier alpha value is -2.75. The van der Waals surface area contributed by atoms with Gasteiger partial charge in [0.15, 0.2) is 10.2 Å². The van der Waals surface area contributed by atoms with Gasteiger partial charge >= 0.3 is 0 Å². The largest absolute Gasteiger partial charge is 0.447 e. The molecule has 6 nitrogen and oxygen atoms in total. The van der Waals surface area contributed by atoms with Crippen molar-refractivity contribution in [1.82, 2.24) is 9.97 Å². The van der Waals surface area contributed by atoms with Crippen molar-refractivity contribution < 1.29 is 9.21 Å². The smallest absolute Gasteiger partial charge is 0.259 e. The lowest BCUT2D eigenvalue weighted by Gasteiger charge is -2.33. The van der Waals surface area contributed by atoms with E-state index in [0.29, 0.717) is 32.5 Å². The first-order valence-corrected chi connectivity index (χ1v) is 14.5. The highest BCUT2D eigenvalue weighted by Gasteiger charge is 2.33. The van der Waals surface area contributed by atoms with Crippen LogP contribution in [0.5, 0.6) is 0 Å². The fourth-order valence-corrected chi connectivity index (χ4v) is 6.90. The summed E-state index contributed by atoms with van der Waals surface area (Å²) in [5, 5.41) is 5.01. The van der Waals surface area contributed by atoms with Crippen LogP contribution < -0.4 is 5.32 Å². The molecule has 3 heterocycles. The number of nitrogens with one attached hydrogen (secondary N) is 1. The molecule has 0 bridgehead atoms. The number of hydrogen-bond acceptors (Lipinski definition) is 7. The lowest BCUT2D eigenvalue weighted by molar-refractivity contribution is 0.102. The van der Waals surface area contributed by atoms with Crippen LogP contribution in [0.25, 0.3) is 0 Å². The molecule has 5 rings (SSSR count). The van der Waals surface area contributed by atoms with Gasteiger partial charge in [-0.15, -0.1) is 11.3 Å². The minimum Gasteiger partial charge on any atom is -0.447 e. The fraction of sp³-hybridized carbons (Fsp3) is 0.286. The van der Waals surface area contributed by atoms with Gasteiger partial charge < -0.3 is 9.73 Å². The number of carbonyl (C=O) groups is 1. The Balaban J connectivity index is 1.45. The van der Waals surface area contributed by atoms with Gasteiger partial charge in [-0.1, -0.05) is 39.0 Å². The monoisotopic (exact) mass is 594 g/mol. The van der Waals surface area contributed by atoms with Gasteiger partial charge in [0.2, 0.25) is 0 Å². The van der Waals surface area contributed by atoms with Crippen LogP contribution in [0.3, 0.4) is 0 Å². The number of nitrogens with zero attached hydrogens (tertiary/aromatic N) is 3. The maximum Gasteiger partial charge on any atom is 0.259 e. The lowest BCUT2D eigenvalue weighted by Crippen LogP contribution is -2.27. The van der Waals surface area contributed by atoms with E-state index in [2.05, 4.69) is 52.0 Å². The molecule has 1 aliphatic carbocycles. The lowest BCUT2D eigenvalue weighted by atomic mass is 9.72. The summed E-state index contributed by atoms with van der Waals surface area (Å²) in [6, 6.07) is 13.2. The molecule has 1 amide bonds. The van der Waals surface area contributed by atoms with Gasteiger partial charge in [-0.2, -0.15) is 0 Å². The number of aromatic nitrogens is 2. The minimum absolute atomic E-state index is 0.122. The number of rotatable bonds is 6. The van der Waals surface area contributed by atoms with Crippen molar-refractivity contribution in [3.05, 3.63) is 81.1 Å². The number of para-hydroxylation sites is 1. The second-order valence-corrected chi connectivity index (χ2v) is 12.9. The second-order valence-electron chi connectivity index (χ2n) is 9.99. The van der Waals surface area contributed by atoms with E-state index in [0.717, 1.165) is 35.0 Å². The molecule has 0 fully saturated rings. The summed E-state index contributed by atoms with van der Waals surface area (Å²) >= 11 is 6.50. The number of anilines is 1. The van der Waals surface area contributed by atoms with Crippen LogP contribution in [0.1, 0.15) is 53.8 Å². The normalized spacial score (nSPS) is 15.6. The number of amides is 1. The molecule has 0 aliphatic heterocycles. The van der Waals surface area contributed by atoms with E-state index in [1.807, 2.05) is 36.4 Å².